The average molecular weight is 540 g/mol. The van der Waals surface area contributed by atoms with Crippen LogP contribution in [-0.2, 0) is 16.1 Å². The summed E-state index contributed by atoms with van der Waals surface area (Å²) in [5, 5.41) is 10.5. The van der Waals surface area contributed by atoms with Crippen molar-refractivity contribution in [1.82, 2.24) is 4.90 Å². The van der Waals surface area contributed by atoms with Crippen LogP contribution in [0.3, 0.4) is 0 Å². The first kappa shape index (κ1) is 27.5. The van der Waals surface area contributed by atoms with Crippen LogP contribution in [0.25, 0.3) is 0 Å². The third-order valence-corrected chi connectivity index (χ3v) is 7.17. The molecular weight excluding hydrogens is 509 g/mol. The number of hydrogen-bond donors (Lipinski definition) is 1. The van der Waals surface area contributed by atoms with Gasteiger partial charge in [0.05, 0.1) is 36.3 Å². The van der Waals surface area contributed by atoms with E-state index in [4.69, 9.17) is 31.5 Å². The average Bonchev–Trinajstić information content (AvgIpc) is 2.87. The number of carbonyl (C=O) groups excluding carboxylic acids is 1. The molecule has 200 valence electrons. The quantitative estimate of drug-likeness (QED) is 0.476. The number of nitrogens with zero attached hydrogens (tertiary/aromatic N) is 2. The molecule has 2 N–H and O–H groups in total. The van der Waals surface area contributed by atoms with Gasteiger partial charge in [0.25, 0.3) is 0 Å². The number of ketones is 1. The van der Waals surface area contributed by atoms with Gasteiger partial charge in [-0.2, -0.15) is 5.26 Å². The molecule has 0 spiro atoms. The molecule has 0 radical (unpaired) electrons. The van der Waals surface area contributed by atoms with Gasteiger partial charge in [0.2, 0.25) is 0 Å². The highest BCUT2D eigenvalue weighted by Crippen LogP contribution is 2.50. The molecule has 38 heavy (non-hydrogen) atoms. The number of nitriles is 1. The van der Waals surface area contributed by atoms with E-state index in [2.05, 4.69) is 6.07 Å². The molecule has 4 rings (SSSR count). The number of benzene rings is 2. The van der Waals surface area contributed by atoms with E-state index in [-0.39, 0.29) is 34.2 Å². The van der Waals surface area contributed by atoms with Crippen LogP contribution in [0.1, 0.15) is 43.7 Å². The van der Waals surface area contributed by atoms with Crippen molar-refractivity contribution in [2.75, 3.05) is 27.4 Å². The van der Waals surface area contributed by atoms with Gasteiger partial charge in [-0.25, -0.2) is 4.39 Å². The summed E-state index contributed by atoms with van der Waals surface area (Å²) in [6, 6.07) is 11.6. The second-order valence-corrected chi connectivity index (χ2v) is 10.6. The van der Waals surface area contributed by atoms with Crippen molar-refractivity contribution in [1.29, 1.82) is 5.26 Å². The van der Waals surface area contributed by atoms with Crippen LogP contribution in [0.15, 0.2) is 59.1 Å². The standard InChI is InChI=1S/C29H31ClFN3O4/c1-29(2)13-22-26(23(35)14-29)25(20(15-32)28(33)34(22)9-10-36-3)18-11-21(30)27(24(12-18)37-4)38-16-17-5-7-19(31)8-6-17/h5-8,11-12,25H,9-10,13-14,16,33H2,1-4H3/t25-/m0/s1. The number of Topliss-reactive ketones (excluding diaryl/α,β-unsaturated/α-hetero) is 1. The zero-order chi connectivity index (χ0) is 27.6. The minimum absolute atomic E-state index is 0.0318. The molecule has 1 atom stereocenters. The number of rotatable bonds is 8. The summed E-state index contributed by atoms with van der Waals surface area (Å²) in [5.41, 5.74) is 9.29. The Labute approximate surface area is 227 Å². The van der Waals surface area contributed by atoms with Crippen LogP contribution >= 0.6 is 11.6 Å². The van der Waals surface area contributed by atoms with Gasteiger partial charge < -0.3 is 24.8 Å². The van der Waals surface area contributed by atoms with E-state index in [0.29, 0.717) is 54.4 Å². The van der Waals surface area contributed by atoms with Gasteiger partial charge in [0, 0.05) is 31.3 Å². The molecule has 0 bridgehead atoms. The van der Waals surface area contributed by atoms with E-state index in [1.54, 1.807) is 31.4 Å². The summed E-state index contributed by atoms with van der Waals surface area (Å²) in [4.78, 5) is 15.4. The Morgan fingerprint density at radius 1 is 1.21 bits per heavy atom. The smallest absolute Gasteiger partial charge is 0.180 e. The molecule has 0 saturated carbocycles. The Kier molecular flexibility index (Phi) is 8.00. The minimum atomic E-state index is -0.699. The molecule has 1 heterocycles. The number of methoxy groups -OCH3 is 2. The van der Waals surface area contributed by atoms with Crippen LogP contribution in [0, 0.1) is 22.6 Å². The minimum Gasteiger partial charge on any atom is -0.493 e. The van der Waals surface area contributed by atoms with Gasteiger partial charge in [-0.1, -0.05) is 37.6 Å². The first-order chi connectivity index (χ1) is 18.1. The summed E-state index contributed by atoms with van der Waals surface area (Å²) in [6.45, 7) is 5.04. The molecule has 0 aromatic heterocycles. The lowest BCUT2D eigenvalue weighted by Crippen LogP contribution is -2.43. The van der Waals surface area contributed by atoms with Crippen LogP contribution in [0.4, 0.5) is 4.39 Å². The molecule has 2 aromatic carbocycles. The molecule has 0 saturated heterocycles. The number of ether oxygens (including phenoxy) is 3. The topological polar surface area (TPSA) is 97.8 Å². The lowest BCUT2D eigenvalue weighted by molar-refractivity contribution is -0.118. The van der Waals surface area contributed by atoms with Gasteiger partial charge >= 0.3 is 0 Å². The van der Waals surface area contributed by atoms with E-state index in [0.717, 1.165) is 11.3 Å². The van der Waals surface area contributed by atoms with E-state index < -0.39 is 5.92 Å². The molecule has 0 amide bonds. The highest BCUT2D eigenvalue weighted by atomic mass is 35.5. The second-order valence-electron chi connectivity index (χ2n) is 10.2. The summed E-state index contributed by atoms with van der Waals surface area (Å²) in [5.74, 6) is -0.119. The lowest BCUT2D eigenvalue weighted by atomic mass is 9.68. The monoisotopic (exact) mass is 539 g/mol. The maximum Gasteiger partial charge on any atom is 0.180 e. The van der Waals surface area contributed by atoms with E-state index in [9.17, 15) is 14.4 Å². The fourth-order valence-corrected chi connectivity index (χ4v) is 5.40. The predicted octanol–water partition coefficient (Wildman–Crippen LogP) is 5.45. The SMILES string of the molecule is COCCN1C(N)=C(C#N)[C@H](c2cc(Cl)c(OCc3ccc(F)cc3)c(OC)c2)C2=C1CC(C)(C)CC2=O. The van der Waals surface area contributed by atoms with Crippen LogP contribution in [-0.4, -0.2) is 38.1 Å². The molecule has 1 aliphatic heterocycles. The Bertz CT molecular complexity index is 1340. The van der Waals surface area contributed by atoms with Crippen molar-refractivity contribution >= 4 is 17.4 Å². The maximum atomic E-state index is 13.6. The maximum absolute atomic E-state index is 13.6. The van der Waals surface area contributed by atoms with Crippen LogP contribution in [0.2, 0.25) is 5.02 Å². The molecule has 9 heteroatoms. The lowest BCUT2D eigenvalue weighted by Gasteiger charge is -2.43. The number of halogens is 2. The fraction of sp³-hybridized carbons (Fsp3) is 0.379. The van der Waals surface area contributed by atoms with E-state index in [1.807, 2.05) is 18.7 Å². The van der Waals surface area contributed by atoms with Crippen LogP contribution < -0.4 is 15.2 Å². The van der Waals surface area contributed by atoms with Crippen molar-refractivity contribution in [3.8, 4) is 17.6 Å². The Morgan fingerprint density at radius 2 is 1.92 bits per heavy atom. The second kappa shape index (κ2) is 11.1. The molecule has 0 unspecified atom stereocenters. The molecule has 2 aromatic rings. The van der Waals surface area contributed by atoms with Crippen molar-refractivity contribution in [2.45, 2.75) is 39.2 Å². The highest BCUT2D eigenvalue weighted by molar-refractivity contribution is 6.32. The van der Waals surface area contributed by atoms with Crippen LogP contribution in [0.5, 0.6) is 11.5 Å². The molecular formula is C29H31ClFN3O4. The molecule has 7 nitrogen and oxygen atoms in total. The Balaban J connectivity index is 1.79. The zero-order valence-electron chi connectivity index (χ0n) is 21.9. The number of nitrogens with two attached hydrogens (primary N) is 1. The third-order valence-electron chi connectivity index (χ3n) is 6.89. The molecule has 2 aliphatic rings. The van der Waals surface area contributed by atoms with Gasteiger partial charge in [0.15, 0.2) is 17.3 Å². The first-order valence-corrected chi connectivity index (χ1v) is 12.6. The Morgan fingerprint density at radius 3 is 2.55 bits per heavy atom. The summed E-state index contributed by atoms with van der Waals surface area (Å²) >= 11 is 6.68. The first-order valence-electron chi connectivity index (χ1n) is 12.3. The van der Waals surface area contributed by atoms with Gasteiger partial charge in [-0.05, 0) is 47.2 Å². The van der Waals surface area contributed by atoms with Crippen molar-refractivity contribution in [3.63, 3.8) is 0 Å². The largest absolute Gasteiger partial charge is 0.493 e. The normalized spacial score (nSPS) is 18.8. The summed E-state index contributed by atoms with van der Waals surface area (Å²) in [6.07, 6.45) is 0.972. The van der Waals surface area contributed by atoms with Crippen molar-refractivity contribution < 1.29 is 23.4 Å². The van der Waals surface area contributed by atoms with E-state index >= 15 is 0 Å². The number of hydrogen-bond acceptors (Lipinski definition) is 7. The third kappa shape index (κ3) is 5.35. The molecule has 1 aliphatic carbocycles. The number of carbonyl (C=O) groups is 1. The highest BCUT2D eigenvalue weighted by Gasteiger charge is 2.44. The Hall–Kier alpha value is -3.54. The predicted molar refractivity (Wildman–Crippen MR) is 142 cm³/mol. The number of allylic oxidation sites excluding steroid dienone is 3. The van der Waals surface area contributed by atoms with Crippen molar-refractivity contribution in [2.24, 2.45) is 11.1 Å². The molecule has 0 fully saturated rings. The van der Waals surface area contributed by atoms with Gasteiger partial charge in [-0.3, -0.25) is 4.79 Å². The summed E-state index contributed by atoms with van der Waals surface area (Å²) in [7, 11) is 3.08. The van der Waals surface area contributed by atoms with Crippen molar-refractivity contribution in [3.05, 3.63) is 81.0 Å². The van der Waals surface area contributed by atoms with E-state index in [1.165, 1.54) is 19.2 Å². The van der Waals surface area contributed by atoms with Gasteiger partial charge in [-0.15, -0.1) is 0 Å². The zero-order valence-corrected chi connectivity index (χ0v) is 22.7. The summed E-state index contributed by atoms with van der Waals surface area (Å²) < 4.78 is 30.1. The van der Waals surface area contributed by atoms with Gasteiger partial charge in [0.1, 0.15) is 18.2 Å². The fourth-order valence-electron chi connectivity index (χ4n) is 5.13.